The van der Waals surface area contributed by atoms with Gasteiger partial charge in [0, 0.05) is 6.42 Å². The van der Waals surface area contributed by atoms with Gasteiger partial charge in [-0.25, -0.2) is 4.79 Å². The quantitative estimate of drug-likeness (QED) is 0.180. The zero-order valence-corrected chi connectivity index (χ0v) is 15.0. The van der Waals surface area contributed by atoms with Crippen molar-refractivity contribution < 1.29 is 70.1 Å². The summed E-state index contributed by atoms with van der Waals surface area (Å²) in [6.45, 7) is -1.76. The lowest BCUT2D eigenvalue weighted by molar-refractivity contribution is -0.339. The Morgan fingerprint density at radius 3 is 2.21 bits per heavy atom. The van der Waals surface area contributed by atoms with E-state index in [-0.39, 0.29) is 0 Å². The molecule has 0 amide bonds. The van der Waals surface area contributed by atoms with E-state index in [2.05, 4.69) is 0 Å². The summed E-state index contributed by atoms with van der Waals surface area (Å²) >= 11 is 0. The third-order valence-corrected chi connectivity index (χ3v) is 4.94. The SMILES string of the molecule is O=C(O)[C@]1(O)C[C@H](O)[C@@H](O)[C@H]([C@H](O)[C@@H](CO)O[C@@H]2O[C@H](CO)[C@@H](O)[C@H](O)[C@H]2O)O1. The van der Waals surface area contributed by atoms with Crippen LogP contribution in [0.15, 0.2) is 0 Å². The molecule has 0 unspecified atom stereocenters. The Morgan fingerprint density at radius 2 is 1.69 bits per heavy atom. The minimum atomic E-state index is -2.94. The summed E-state index contributed by atoms with van der Waals surface area (Å²) in [5.74, 6) is -4.83. The van der Waals surface area contributed by atoms with Gasteiger partial charge in [0.15, 0.2) is 6.29 Å². The molecule has 0 aromatic heterocycles. The smallest absolute Gasteiger partial charge is 0.364 e. The van der Waals surface area contributed by atoms with E-state index < -0.39 is 92.6 Å². The Bertz CT molecular complexity index is 559. The number of carbonyl (C=O) groups is 1. The van der Waals surface area contributed by atoms with Crippen molar-refractivity contribution in [1.82, 2.24) is 0 Å². The molecule has 0 spiro atoms. The predicted molar refractivity (Wildman–Crippen MR) is 85.8 cm³/mol. The topological polar surface area (TPSA) is 247 Å². The summed E-state index contributed by atoms with van der Waals surface area (Å²) in [6, 6.07) is 0. The van der Waals surface area contributed by atoms with E-state index in [0.29, 0.717) is 0 Å². The lowest BCUT2D eigenvalue weighted by Crippen LogP contribution is -2.64. The van der Waals surface area contributed by atoms with Gasteiger partial charge in [0.05, 0.1) is 19.3 Å². The highest BCUT2D eigenvalue weighted by Crippen LogP contribution is 2.31. The van der Waals surface area contributed by atoms with Crippen molar-refractivity contribution in [3.05, 3.63) is 0 Å². The number of carboxylic acids is 1. The van der Waals surface area contributed by atoms with Gasteiger partial charge in [-0.05, 0) is 0 Å². The van der Waals surface area contributed by atoms with Crippen molar-refractivity contribution in [1.29, 1.82) is 0 Å². The first-order valence-electron chi connectivity index (χ1n) is 8.71. The standard InChI is InChI=1S/C15H26O14/c16-2-5-8(20)10(22)11(23)13(27-5)28-6(3-17)9(21)12-7(19)4(18)1-15(26,29-12)14(24)25/h4-13,16-23,26H,1-3H2,(H,24,25)/t4-,5+,6+,7+,8+,9+,10-,11+,12+,13-,15-/m0/s1. The summed E-state index contributed by atoms with van der Waals surface area (Å²) < 4.78 is 15.1. The van der Waals surface area contributed by atoms with E-state index in [9.17, 15) is 45.6 Å². The Hall–Kier alpha value is -1.01. The molecule has 170 valence electrons. The first-order chi connectivity index (χ1) is 13.5. The number of aliphatic carboxylic acids is 1. The molecular weight excluding hydrogens is 404 g/mol. The van der Waals surface area contributed by atoms with Crippen molar-refractivity contribution in [3.8, 4) is 0 Å². The molecular formula is C15H26O14. The van der Waals surface area contributed by atoms with Gasteiger partial charge < -0.3 is 65.3 Å². The van der Waals surface area contributed by atoms with Gasteiger partial charge >= 0.3 is 5.97 Å². The van der Waals surface area contributed by atoms with Crippen LogP contribution in [0, 0.1) is 0 Å². The number of ether oxygens (including phenoxy) is 3. The van der Waals surface area contributed by atoms with Crippen LogP contribution < -0.4 is 0 Å². The third-order valence-electron chi connectivity index (χ3n) is 4.94. The Labute approximate surface area is 163 Å². The molecule has 10 N–H and O–H groups in total. The van der Waals surface area contributed by atoms with E-state index in [0.717, 1.165) is 0 Å². The molecule has 14 nitrogen and oxygen atoms in total. The highest BCUT2D eigenvalue weighted by Gasteiger charge is 2.54. The summed E-state index contributed by atoms with van der Waals surface area (Å²) in [4.78, 5) is 11.2. The maximum Gasteiger partial charge on any atom is 0.364 e. The van der Waals surface area contributed by atoms with Gasteiger partial charge in [-0.1, -0.05) is 0 Å². The van der Waals surface area contributed by atoms with Gasteiger partial charge in [-0.15, -0.1) is 0 Å². The van der Waals surface area contributed by atoms with Crippen molar-refractivity contribution in [2.75, 3.05) is 13.2 Å². The zero-order chi connectivity index (χ0) is 22.1. The second-order valence-electron chi connectivity index (χ2n) is 6.98. The molecule has 0 aromatic carbocycles. The minimum absolute atomic E-state index is 0.764. The number of carboxylic acid groups (broad SMARTS) is 1. The molecule has 0 saturated carbocycles. The predicted octanol–water partition coefficient (Wildman–Crippen LogP) is -6.19. The number of aliphatic hydroxyl groups is 9. The first kappa shape index (κ1) is 24.3. The number of hydrogen-bond acceptors (Lipinski definition) is 13. The molecule has 2 rings (SSSR count). The highest BCUT2D eigenvalue weighted by atomic mass is 16.7. The largest absolute Gasteiger partial charge is 0.477 e. The fourth-order valence-electron chi connectivity index (χ4n) is 3.17. The zero-order valence-electron chi connectivity index (χ0n) is 15.0. The molecule has 14 heteroatoms. The Morgan fingerprint density at radius 1 is 1.07 bits per heavy atom. The Balaban J connectivity index is 2.16. The molecule has 2 saturated heterocycles. The molecule has 2 fully saturated rings. The number of aliphatic hydroxyl groups excluding tert-OH is 8. The molecule has 29 heavy (non-hydrogen) atoms. The molecule has 0 radical (unpaired) electrons. The van der Waals surface area contributed by atoms with E-state index in [4.69, 9.17) is 24.4 Å². The summed E-state index contributed by atoms with van der Waals surface area (Å²) in [5, 5.41) is 97.4. The summed E-state index contributed by atoms with van der Waals surface area (Å²) in [6.07, 6.45) is -18.8. The number of rotatable bonds is 7. The highest BCUT2D eigenvalue weighted by molar-refractivity contribution is 5.75. The van der Waals surface area contributed by atoms with Gasteiger partial charge in [0.1, 0.15) is 48.8 Å². The molecule has 0 aliphatic carbocycles. The molecule has 0 aromatic rings. The molecule has 2 aliphatic heterocycles. The monoisotopic (exact) mass is 430 g/mol. The average molecular weight is 430 g/mol. The van der Waals surface area contributed by atoms with Crippen molar-refractivity contribution in [2.24, 2.45) is 0 Å². The van der Waals surface area contributed by atoms with Crippen LogP contribution in [0.5, 0.6) is 0 Å². The Kier molecular flexibility index (Phi) is 7.88. The van der Waals surface area contributed by atoms with Crippen molar-refractivity contribution in [2.45, 2.75) is 73.4 Å². The van der Waals surface area contributed by atoms with Crippen molar-refractivity contribution >= 4 is 5.97 Å². The van der Waals surface area contributed by atoms with Gasteiger partial charge in [-0.3, -0.25) is 0 Å². The minimum Gasteiger partial charge on any atom is -0.477 e. The molecule has 2 aliphatic rings. The number of hydrogen-bond donors (Lipinski definition) is 10. The normalized spacial score (nSPS) is 45.6. The van der Waals surface area contributed by atoms with E-state index in [1.54, 1.807) is 0 Å². The average Bonchev–Trinajstić information content (AvgIpc) is 2.68. The van der Waals surface area contributed by atoms with E-state index in [1.165, 1.54) is 0 Å². The van der Waals surface area contributed by atoms with E-state index >= 15 is 0 Å². The van der Waals surface area contributed by atoms with Crippen LogP contribution in [0.1, 0.15) is 6.42 Å². The summed E-state index contributed by atoms with van der Waals surface area (Å²) in [7, 11) is 0. The fourth-order valence-corrected chi connectivity index (χ4v) is 3.17. The van der Waals surface area contributed by atoms with Crippen LogP contribution in [0.25, 0.3) is 0 Å². The van der Waals surface area contributed by atoms with Crippen LogP contribution >= 0.6 is 0 Å². The van der Waals surface area contributed by atoms with Crippen LogP contribution in [0.3, 0.4) is 0 Å². The summed E-state index contributed by atoms with van der Waals surface area (Å²) in [5.41, 5.74) is 0. The van der Waals surface area contributed by atoms with E-state index in [1.807, 2.05) is 0 Å². The maximum atomic E-state index is 11.2. The third kappa shape index (κ3) is 4.84. The second kappa shape index (κ2) is 9.42. The van der Waals surface area contributed by atoms with Crippen LogP contribution in [0.4, 0.5) is 0 Å². The maximum absolute atomic E-state index is 11.2. The first-order valence-corrected chi connectivity index (χ1v) is 8.71. The van der Waals surface area contributed by atoms with Crippen LogP contribution in [-0.2, 0) is 19.0 Å². The lowest BCUT2D eigenvalue weighted by atomic mass is 9.91. The van der Waals surface area contributed by atoms with Gasteiger partial charge in [-0.2, -0.15) is 0 Å². The molecule has 2 heterocycles. The molecule has 0 bridgehead atoms. The van der Waals surface area contributed by atoms with Crippen molar-refractivity contribution in [3.63, 3.8) is 0 Å². The lowest BCUT2D eigenvalue weighted by Gasteiger charge is -2.44. The van der Waals surface area contributed by atoms with Crippen LogP contribution in [0.2, 0.25) is 0 Å². The second-order valence-corrected chi connectivity index (χ2v) is 6.98. The van der Waals surface area contributed by atoms with Crippen LogP contribution in [-0.4, -0.2) is 137 Å². The van der Waals surface area contributed by atoms with Gasteiger partial charge in [0.25, 0.3) is 5.79 Å². The molecule has 11 atom stereocenters. The fraction of sp³-hybridized carbons (Fsp3) is 0.933. The van der Waals surface area contributed by atoms with Gasteiger partial charge in [0.2, 0.25) is 0 Å².